The zero-order valence-electron chi connectivity index (χ0n) is 13.0. The van der Waals surface area contributed by atoms with Crippen molar-refractivity contribution in [3.05, 3.63) is 58.6 Å². The van der Waals surface area contributed by atoms with E-state index in [0.717, 1.165) is 16.5 Å². The van der Waals surface area contributed by atoms with Gasteiger partial charge in [0.05, 0.1) is 5.02 Å². The van der Waals surface area contributed by atoms with E-state index < -0.39 is 0 Å². The summed E-state index contributed by atoms with van der Waals surface area (Å²) in [5.41, 5.74) is 2.59. The van der Waals surface area contributed by atoms with Crippen LogP contribution in [-0.2, 0) is 6.54 Å². The predicted molar refractivity (Wildman–Crippen MR) is 93.3 cm³/mol. The van der Waals surface area contributed by atoms with Crippen LogP contribution in [0.15, 0.2) is 52.3 Å². The highest BCUT2D eigenvalue weighted by Crippen LogP contribution is 2.34. The van der Waals surface area contributed by atoms with E-state index in [4.69, 9.17) is 11.6 Å². The highest BCUT2D eigenvalue weighted by Gasteiger charge is 2.09. The lowest BCUT2D eigenvalue weighted by molar-refractivity contribution is 0.424. The zero-order valence-corrected chi connectivity index (χ0v) is 14.6. The molecule has 0 aliphatic heterocycles. The van der Waals surface area contributed by atoms with E-state index in [-0.39, 0.29) is 5.54 Å². The molecule has 0 aromatic heterocycles. The summed E-state index contributed by atoms with van der Waals surface area (Å²) in [6.07, 6.45) is 0. The van der Waals surface area contributed by atoms with Gasteiger partial charge in [0.1, 0.15) is 0 Å². The Labute approximate surface area is 137 Å². The first-order chi connectivity index (χ1) is 9.83. The van der Waals surface area contributed by atoms with E-state index >= 15 is 0 Å². The lowest BCUT2D eigenvalue weighted by Crippen LogP contribution is -2.35. The lowest BCUT2D eigenvalue weighted by Gasteiger charge is -2.20. The van der Waals surface area contributed by atoms with Crippen molar-refractivity contribution in [2.75, 3.05) is 0 Å². The largest absolute Gasteiger partial charge is 0.308 e. The molecule has 0 radical (unpaired) electrons. The van der Waals surface area contributed by atoms with E-state index in [1.165, 1.54) is 16.0 Å². The molecule has 0 spiro atoms. The van der Waals surface area contributed by atoms with Crippen molar-refractivity contribution in [3.8, 4) is 0 Å². The van der Waals surface area contributed by atoms with Crippen LogP contribution in [0.4, 0.5) is 0 Å². The summed E-state index contributed by atoms with van der Waals surface area (Å²) in [5, 5.41) is 4.29. The molecule has 112 valence electrons. The fourth-order valence-electron chi connectivity index (χ4n) is 1.91. The van der Waals surface area contributed by atoms with Crippen molar-refractivity contribution < 1.29 is 0 Å². The third kappa shape index (κ3) is 5.39. The topological polar surface area (TPSA) is 12.0 Å². The van der Waals surface area contributed by atoms with Crippen LogP contribution in [0.2, 0.25) is 5.02 Å². The summed E-state index contributed by atoms with van der Waals surface area (Å²) in [7, 11) is 0. The molecule has 2 rings (SSSR count). The number of aryl methyl sites for hydroxylation is 1. The van der Waals surface area contributed by atoms with Crippen molar-refractivity contribution in [1.29, 1.82) is 0 Å². The quantitative estimate of drug-likeness (QED) is 0.777. The van der Waals surface area contributed by atoms with Gasteiger partial charge in [-0.2, -0.15) is 0 Å². The molecule has 1 N–H and O–H groups in total. The fourth-order valence-corrected chi connectivity index (χ4v) is 3.17. The first kappa shape index (κ1) is 16.4. The van der Waals surface area contributed by atoms with Gasteiger partial charge < -0.3 is 5.32 Å². The second kappa shape index (κ2) is 6.87. The van der Waals surface area contributed by atoms with E-state index in [2.05, 4.69) is 75.5 Å². The summed E-state index contributed by atoms with van der Waals surface area (Å²) in [6.45, 7) is 9.43. The highest BCUT2D eigenvalue weighted by atomic mass is 35.5. The van der Waals surface area contributed by atoms with Gasteiger partial charge in [0.15, 0.2) is 0 Å². The molecule has 0 aliphatic rings. The minimum atomic E-state index is 0.113. The predicted octanol–water partition coefficient (Wildman–Crippen LogP) is 5.69. The van der Waals surface area contributed by atoms with Crippen molar-refractivity contribution in [2.24, 2.45) is 0 Å². The maximum Gasteiger partial charge on any atom is 0.0548 e. The molecule has 2 aromatic rings. The molecule has 0 saturated carbocycles. The van der Waals surface area contributed by atoms with Gasteiger partial charge in [0.25, 0.3) is 0 Å². The van der Waals surface area contributed by atoms with Gasteiger partial charge >= 0.3 is 0 Å². The normalized spacial score (nSPS) is 11.7. The van der Waals surface area contributed by atoms with Gasteiger partial charge in [-0.25, -0.2) is 0 Å². The second-order valence-electron chi connectivity index (χ2n) is 6.29. The molecule has 2 aromatic carbocycles. The minimum absolute atomic E-state index is 0.113. The molecule has 0 heterocycles. The van der Waals surface area contributed by atoms with Gasteiger partial charge in [0.2, 0.25) is 0 Å². The van der Waals surface area contributed by atoms with Crippen LogP contribution in [0, 0.1) is 6.92 Å². The van der Waals surface area contributed by atoms with Gasteiger partial charge in [-0.15, -0.1) is 0 Å². The van der Waals surface area contributed by atoms with Crippen LogP contribution in [0.25, 0.3) is 0 Å². The summed E-state index contributed by atoms with van der Waals surface area (Å²) in [6, 6.07) is 14.8. The average molecular weight is 320 g/mol. The van der Waals surface area contributed by atoms with Gasteiger partial charge in [-0.3, -0.25) is 0 Å². The zero-order chi connectivity index (χ0) is 15.5. The first-order valence-corrected chi connectivity index (χ1v) is 8.31. The Balaban J connectivity index is 2.09. The van der Waals surface area contributed by atoms with Crippen molar-refractivity contribution in [1.82, 2.24) is 5.32 Å². The Hall–Kier alpha value is -0.960. The SMILES string of the molecule is Cc1cccc(Sc2ccc(CNC(C)(C)C)cc2Cl)c1. The molecule has 1 nitrogen and oxygen atoms in total. The van der Waals surface area contributed by atoms with Crippen molar-refractivity contribution in [2.45, 2.75) is 49.6 Å². The van der Waals surface area contributed by atoms with Crippen LogP contribution in [0.1, 0.15) is 31.9 Å². The number of nitrogens with one attached hydrogen (secondary N) is 1. The molecule has 0 bridgehead atoms. The van der Waals surface area contributed by atoms with Gasteiger partial charge in [-0.1, -0.05) is 47.1 Å². The molecule has 21 heavy (non-hydrogen) atoms. The van der Waals surface area contributed by atoms with Gasteiger partial charge in [-0.05, 0) is 57.5 Å². The standard InChI is InChI=1S/C18H22ClNS/c1-13-6-5-7-15(10-13)21-17-9-8-14(11-16(17)19)12-20-18(2,3)4/h5-11,20H,12H2,1-4H3. The van der Waals surface area contributed by atoms with E-state index in [1.54, 1.807) is 11.8 Å². The molecule has 0 atom stereocenters. The summed E-state index contributed by atoms with van der Waals surface area (Å²) >= 11 is 8.13. The lowest BCUT2D eigenvalue weighted by atomic mass is 10.1. The maximum atomic E-state index is 6.42. The van der Waals surface area contributed by atoms with E-state index in [1.807, 2.05) is 0 Å². The number of hydrogen-bond acceptors (Lipinski definition) is 2. The van der Waals surface area contributed by atoms with E-state index in [9.17, 15) is 0 Å². The molecular formula is C18H22ClNS. The molecule has 0 unspecified atom stereocenters. The third-order valence-electron chi connectivity index (χ3n) is 3.04. The first-order valence-electron chi connectivity index (χ1n) is 7.11. The number of rotatable bonds is 4. The van der Waals surface area contributed by atoms with Crippen LogP contribution >= 0.6 is 23.4 Å². The van der Waals surface area contributed by atoms with Gasteiger partial charge in [0, 0.05) is 21.9 Å². The number of benzene rings is 2. The minimum Gasteiger partial charge on any atom is -0.308 e. The summed E-state index contributed by atoms with van der Waals surface area (Å²) in [4.78, 5) is 2.32. The molecule has 3 heteroatoms. The smallest absolute Gasteiger partial charge is 0.0548 e. The van der Waals surface area contributed by atoms with Crippen LogP contribution < -0.4 is 5.32 Å². The fraction of sp³-hybridized carbons (Fsp3) is 0.333. The van der Waals surface area contributed by atoms with Crippen molar-refractivity contribution in [3.63, 3.8) is 0 Å². The third-order valence-corrected chi connectivity index (χ3v) is 4.53. The molecule has 0 amide bonds. The number of halogens is 1. The molecule has 0 aliphatic carbocycles. The molecular weight excluding hydrogens is 298 g/mol. The number of hydrogen-bond donors (Lipinski definition) is 1. The van der Waals surface area contributed by atoms with Crippen LogP contribution in [0.5, 0.6) is 0 Å². The van der Waals surface area contributed by atoms with Crippen molar-refractivity contribution >= 4 is 23.4 Å². The van der Waals surface area contributed by atoms with Crippen LogP contribution in [0.3, 0.4) is 0 Å². The monoisotopic (exact) mass is 319 g/mol. The second-order valence-corrected chi connectivity index (χ2v) is 7.81. The Bertz CT molecular complexity index is 617. The van der Waals surface area contributed by atoms with E-state index in [0.29, 0.717) is 0 Å². The van der Waals surface area contributed by atoms with Crippen LogP contribution in [-0.4, -0.2) is 5.54 Å². The highest BCUT2D eigenvalue weighted by molar-refractivity contribution is 7.99. The Morgan fingerprint density at radius 1 is 1.10 bits per heavy atom. The maximum absolute atomic E-state index is 6.42. The Kier molecular flexibility index (Phi) is 5.37. The molecule has 0 saturated heterocycles. The Morgan fingerprint density at radius 2 is 1.86 bits per heavy atom. The average Bonchev–Trinajstić information content (AvgIpc) is 2.38. The summed E-state index contributed by atoms with van der Waals surface area (Å²) < 4.78 is 0. The Morgan fingerprint density at radius 3 is 2.48 bits per heavy atom. The summed E-state index contributed by atoms with van der Waals surface area (Å²) in [5.74, 6) is 0. The molecule has 0 fully saturated rings.